The fourth-order valence-electron chi connectivity index (χ4n) is 2.11. The van der Waals surface area contributed by atoms with Crippen molar-refractivity contribution in [2.45, 2.75) is 20.1 Å². The molecule has 0 unspecified atom stereocenters. The number of aromatic nitrogens is 2. The molecule has 1 aromatic carbocycles. The number of carbonyl (C=O) groups is 1. The number of nitrogens with zero attached hydrogens (tertiary/aromatic N) is 2. The van der Waals surface area contributed by atoms with Crippen LogP contribution in [0, 0.1) is 6.92 Å². The van der Waals surface area contributed by atoms with E-state index in [0.29, 0.717) is 23.9 Å². The van der Waals surface area contributed by atoms with Crippen molar-refractivity contribution in [2.75, 3.05) is 0 Å². The number of nitrogens with one attached hydrogen (secondary N) is 1. The number of ether oxygens (including phenoxy) is 1. The molecule has 0 radical (unpaired) electrons. The van der Waals surface area contributed by atoms with E-state index in [2.05, 4.69) is 15.3 Å². The molecule has 1 N–H and O–H groups in total. The third-order valence-electron chi connectivity index (χ3n) is 3.48. The molecule has 128 valence electrons. The summed E-state index contributed by atoms with van der Waals surface area (Å²) >= 11 is 7.39. The largest absolute Gasteiger partial charge is 0.486 e. The van der Waals surface area contributed by atoms with E-state index >= 15 is 0 Å². The molecular formula is C18H16ClN3O2S. The molecule has 25 heavy (non-hydrogen) atoms. The summed E-state index contributed by atoms with van der Waals surface area (Å²) in [5.41, 5.74) is 2.33. The van der Waals surface area contributed by atoms with Crippen LogP contribution in [0.1, 0.15) is 26.6 Å². The summed E-state index contributed by atoms with van der Waals surface area (Å²) in [4.78, 5) is 20.4. The van der Waals surface area contributed by atoms with Gasteiger partial charge in [0, 0.05) is 29.3 Å². The van der Waals surface area contributed by atoms with Gasteiger partial charge in [0.2, 0.25) is 0 Å². The third-order valence-corrected chi connectivity index (χ3v) is 4.72. The predicted octanol–water partition coefficient (Wildman–Crippen LogP) is 4.01. The van der Waals surface area contributed by atoms with Gasteiger partial charge in [0.15, 0.2) is 0 Å². The molecule has 0 bridgehead atoms. The van der Waals surface area contributed by atoms with Crippen molar-refractivity contribution in [3.05, 3.63) is 75.0 Å². The number of amides is 1. The maximum Gasteiger partial charge on any atom is 0.271 e. The van der Waals surface area contributed by atoms with Crippen LogP contribution >= 0.6 is 22.9 Å². The maximum absolute atomic E-state index is 12.1. The van der Waals surface area contributed by atoms with Crippen LogP contribution in [0.25, 0.3) is 0 Å². The SMILES string of the molecule is Cc1cc(OCc2nc(C(=O)NCc3ccncc3)cs2)ccc1Cl. The van der Waals surface area contributed by atoms with Crippen molar-refractivity contribution >= 4 is 28.8 Å². The molecule has 0 aliphatic rings. The van der Waals surface area contributed by atoms with Gasteiger partial charge in [-0.1, -0.05) is 11.6 Å². The molecule has 0 aliphatic carbocycles. The molecule has 0 fully saturated rings. The number of aryl methyl sites for hydroxylation is 1. The van der Waals surface area contributed by atoms with Crippen LogP contribution in [-0.4, -0.2) is 15.9 Å². The number of rotatable bonds is 6. The van der Waals surface area contributed by atoms with E-state index in [1.807, 2.05) is 31.2 Å². The Hall–Kier alpha value is -2.44. The molecule has 3 aromatic rings. The van der Waals surface area contributed by atoms with E-state index in [9.17, 15) is 4.79 Å². The van der Waals surface area contributed by atoms with E-state index in [0.717, 1.165) is 21.9 Å². The summed E-state index contributed by atoms with van der Waals surface area (Å²) in [5, 5.41) is 6.01. The van der Waals surface area contributed by atoms with E-state index in [1.54, 1.807) is 23.8 Å². The molecule has 5 nitrogen and oxygen atoms in total. The van der Waals surface area contributed by atoms with E-state index in [1.165, 1.54) is 11.3 Å². The zero-order chi connectivity index (χ0) is 17.6. The summed E-state index contributed by atoms with van der Waals surface area (Å²) in [7, 11) is 0. The Morgan fingerprint density at radius 1 is 1.28 bits per heavy atom. The van der Waals surface area contributed by atoms with Gasteiger partial charge in [-0.25, -0.2) is 4.98 Å². The van der Waals surface area contributed by atoms with Crippen LogP contribution in [0.3, 0.4) is 0 Å². The highest BCUT2D eigenvalue weighted by Gasteiger charge is 2.11. The topological polar surface area (TPSA) is 64.1 Å². The Bertz CT molecular complexity index is 868. The van der Waals surface area contributed by atoms with Crippen molar-refractivity contribution in [3.63, 3.8) is 0 Å². The number of hydrogen-bond donors (Lipinski definition) is 1. The monoisotopic (exact) mass is 373 g/mol. The maximum atomic E-state index is 12.1. The van der Waals surface area contributed by atoms with Crippen LogP contribution in [0.2, 0.25) is 5.02 Å². The van der Waals surface area contributed by atoms with Crippen molar-refractivity contribution in [2.24, 2.45) is 0 Å². The average molecular weight is 374 g/mol. The second kappa shape index (κ2) is 8.09. The Balaban J connectivity index is 1.54. The van der Waals surface area contributed by atoms with Crippen LogP contribution in [0.5, 0.6) is 5.75 Å². The van der Waals surface area contributed by atoms with Gasteiger partial charge in [0.1, 0.15) is 23.1 Å². The summed E-state index contributed by atoms with van der Waals surface area (Å²) in [6.45, 7) is 2.67. The van der Waals surface area contributed by atoms with Crippen LogP contribution in [0.15, 0.2) is 48.1 Å². The second-order valence-corrected chi connectivity index (χ2v) is 6.71. The summed E-state index contributed by atoms with van der Waals surface area (Å²) in [5.74, 6) is 0.516. The molecule has 2 aromatic heterocycles. The molecule has 0 atom stereocenters. The first-order chi connectivity index (χ1) is 12.1. The third kappa shape index (κ3) is 4.78. The lowest BCUT2D eigenvalue weighted by Crippen LogP contribution is -2.23. The van der Waals surface area contributed by atoms with Gasteiger partial charge < -0.3 is 10.1 Å². The van der Waals surface area contributed by atoms with E-state index < -0.39 is 0 Å². The molecule has 3 rings (SSSR count). The number of halogens is 1. The molecule has 1 amide bonds. The van der Waals surface area contributed by atoms with Gasteiger partial charge in [-0.05, 0) is 48.4 Å². The molecule has 0 spiro atoms. The lowest BCUT2D eigenvalue weighted by atomic mass is 10.2. The minimum atomic E-state index is -0.207. The molecule has 7 heteroatoms. The Morgan fingerprint density at radius 2 is 2.08 bits per heavy atom. The van der Waals surface area contributed by atoms with Gasteiger partial charge in [0.25, 0.3) is 5.91 Å². The smallest absolute Gasteiger partial charge is 0.271 e. The highest BCUT2D eigenvalue weighted by atomic mass is 35.5. The van der Waals surface area contributed by atoms with Crippen LogP contribution in [-0.2, 0) is 13.2 Å². The Kier molecular flexibility index (Phi) is 5.63. The number of carbonyl (C=O) groups excluding carboxylic acids is 1. The average Bonchev–Trinajstić information content (AvgIpc) is 3.11. The van der Waals surface area contributed by atoms with Gasteiger partial charge >= 0.3 is 0 Å². The number of pyridine rings is 1. The van der Waals surface area contributed by atoms with E-state index in [-0.39, 0.29) is 5.91 Å². The lowest BCUT2D eigenvalue weighted by Gasteiger charge is -2.06. The molecule has 0 aliphatic heterocycles. The van der Waals surface area contributed by atoms with Gasteiger partial charge in [-0.15, -0.1) is 11.3 Å². The van der Waals surface area contributed by atoms with Crippen molar-refractivity contribution < 1.29 is 9.53 Å². The first-order valence-corrected chi connectivity index (χ1v) is 8.88. The Morgan fingerprint density at radius 3 is 2.84 bits per heavy atom. The van der Waals surface area contributed by atoms with Crippen LogP contribution < -0.4 is 10.1 Å². The molecule has 0 saturated heterocycles. The molecule has 2 heterocycles. The first kappa shape index (κ1) is 17.4. The van der Waals surface area contributed by atoms with Crippen molar-refractivity contribution in [1.82, 2.24) is 15.3 Å². The summed E-state index contributed by atoms with van der Waals surface area (Å²) in [6, 6.07) is 9.19. The van der Waals surface area contributed by atoms with Crippen LogP contribution in [0.4, 0.5) is 0 Å². The summed E-state index contributed by atoms with van der Waals surface area (Å²) in [6.07, 6.45) is 3.39. The fourth-order valence-corrected chi connectivity index (χ4v) is 2.91. The fraction of sp³-hybridized carbons (Fsp3) is 0.167. The number of thiazole rings is 1. The van der Waals surface area contributed by atoms with Crippen molar-refractivity contribution in [1.29, 1.82) is 0 Å². The normalized spacial score (nSPS) is 10.5. The highest BCUT2D eigenvalue weighted by Crippen LogP contribution is 2.22. The molecular weight excluding hydrogens is 358 g/mol. The van der Waals surface area contributed by atoms with Gasteiger partial charge in [-0.3, -0.25) is 9.78 Å². The Labute approximate surface area is 154 Å². The minimum absolute atomic E-state index is 0.207. The second-order valence-electron chi connectivity index (χ2n) is 5.36. The minimum Gasteiger partial charge on any atom is -0.486 e. The summed E-state index contributed by atoms with van der Waals surface area (Å²) < 4.78 is 5.70. The number of hydrogen-bond acceptors (Lipinski definition) is 5. The first-order valence-electron chi connectivity index (χ1n) is 7.62. The quantitative estimate of drug-likeness (QED) is 0.709. The zero-order valence-corrected chi connectivity index (χ0v) is 15.1. The predicted molar refractivity (Wildman–Crippen MR) is 98.0 cm³/mol. The van der Waals surface area contributed by atoms with Crippen molar-refractivity contribution in [3.8, 4) is 5.75 Å². The zero-order valence-electron chi connectivity index (χ0n) is 13.5. The van der Waals surface area contributed by atoms with Gasteiger partial charge in [-0.2, -0.15) is 0 Å². The van der Waals surface area contributed by atoms with E-state index in [4.69, 9.17) is 16.3 Å². The highest BCUT2D eigenvalue weighted by molar-refractivity contribution is 7.09. The number of benzene rings is 1. The van der Waals surface area contributed by atoms with Gasteiger partial charge in [0.05, 0.1) is 0 Å². The molecule has 0 saturated carbocycles. The standard InChI is InChI=1S/C18H16ClN3O2S/c1-12-8-14(2-3-15(12)19)24-10-17-22-16(11-25-17)18(23)21-9-13-4-6-20-7-5-13/h2-8,11H,9-10H2,1H3,(H,21,23). The lowest BCUT2D eigenvalue weighted by molar-refractivity contribution is 0.0946.